The minimum absolute atomic E-state index is 0.00147. The molecule has 1 amide bonds. The standard InChI is InChI=1S/C28H32N4O4/c1-21(31(19-24-10-7-17-35-24)18-22-8-3-2-4-9-22)20-36-28(34)30-15-13-23(14-16-30)32-26-12-6-5-11-25(26)29-27(32)33/h2-12,17,21,23H,13-16,18-20H2,1H3,(H,29,33). The summed E-state index contributed by atoms with van der Waals surface area (Å²) >= 11 is 0. The summed E-state index contributed by atoms with van der Waals surface area (Å²) in [5.74, 6) is 0.874. The quantitative estimate of drug-likeness (QED) is 0.386. The zero-order valence-corrected chi connectivity index (χ0v) is 20.5. The van der Waals surface area contributed by atoms with Crippen molar-refractivity contribution in [2.75, 3.05) is 19.7 Å². The van der Waals surface area contributed by atoms with Gasteiger partial charge in [-0.2, -0.15) is 0 Å². The third kappa shape index (κ3) is 5.39. The number of fused-ring (bicyclic) bond motifs is 1. The topological polar surface area (TPSA) is 83.7 Å². The second kappa shape index (κ2) is 10.9. The van der Waals surface area contributed by atoms with Gasteiger partial charge in [-0.05, 0) is 49.6 Å². The zero-order valence-electron chi connectivity index (χ0n) is 20.5. The van der Waals surface area contributed by atoms with Crippen LogP contribution >= 0.6 is 0 Å². The molecule has 0 bridgehead atoms. The van der Waals surface area contributed by atoms with Gasteiger partial charge in [0.15, 0.2) is 0 Å². The number of aromatic amines is 1. The Kier molecular flexibility index (Phi) is 7.23. The molecule has 4 aromatic rings. The van der Waals surface area contributed by atoms with Gasteiger partial charge in [-0.1, -0.05) is 42.5 Å². The summed E-state index contributed by atoms with van der Waals surface area (Å²) in [6, 6.07) is 21.9. The van der Waals surface area contributed by atoms with E-state index in [9.17, 15) is 9.59 Å². The van der Waals surface area contributed by atoms with Crippen LogP contribution in [0.3, 0.4) is 0 Å². The van der Waals surface area contributed by atoms with E-state index in [0.29, 0.717) is 32.5 Å². The Morgan fingerprint density at radius 2 is 1.81 bits per heavy atom. The lowest BCUT2D eigenvalue weighted by Crippen LogP contribution is -2.42. The number of carbonyl (C=O) groups is 1. The Bertz CT molecular complexity index is 1320. The van der Waals surface area contributed by atoms with Crippen LogP contribution in [0.15, 0.2) is 82.2 Å². The Balaban J connectivity index is 1.16. The SMILES string of the molecule is CC(COC(=O)N1CCC(n2c(=O)[nH]c3ccccc32)CC1)N(Cc1ccccc1)Cc1ccco1. The molecule has 5 rings (SSSR count). The van der Waals surface area contributed by atoms with E-state index in [1.165, 1.54) is 5.56 Å². The maximum absolute atomic E-state index is 12.9. The third-order valence-corrected chi connectivity index (χ3v) is 6.95. The summed E-state index contributed by atoms with van der Waals surface area (Å²) in [7, 11) is 0. The Morgan fingerprint density at radius 1 is 1.06 bits per heavy atom. The van der Waals surface area contributed by atoms with E-state index in [2.05, 4.69) is 28.9 Å². The highest BCUT2D eigenvalue weighted by atomic mass is 16.6. The van der Waals surface area contributed by atoms with E-state index >= 15 is 0 Å². The second-order valence-electron chi connectivity index (χ2n) is 9.43. The number of likely N-dealkylation sites (tertiary alicyclic amines) is 1. The number of furan rings is 1. The fourth-order valence-electron chi connectivity index (χ4n) is 4.92. The largest absolute Gasteiger partial charge is 0.468 e. The van der Waals surface area contributed by atoms with Crippen molar-refractivity contribution in [1.29, 1.82) is 0 Å². The van der Waals surface area contributed by atoms with Gasteiger partial charge in [0, 0.05) is 31.7 Å². The number of carbonyl (C=O) groups excluding carboxylic acids is 1. The molecule has 1 saturated heterocycles. The molecule has 0 spiro atoms. The number of nitrogens with zero attached hydrogens (tertiary/aromatic N) is 3. The molecule has 188 valence electrons. The van der Waals surface area contributed by atoms with Crippen LogP contribution in [0.2, 0.25) is 0 Å². The van der Waals surface area contributed by atoms with Gasteiger partial charge in [-0.3, -0.25) is 9.47 Å². The lowest BCUT2D eigenvalue weighted by molar-refractivity contribution is 0.0548. The van der Waals surface area contributed by atoms with Crippen molar-refractivity contribution >= 4 is 17.1 Å². The number of piperidine rings is 1. The normalized spacial score (nSPS) is 15.4. The number of H-pyrrole nitrogens is 1. The Labute approximate surface area is 210 Å². The van der Waals surface area contributed by atoms with Crippen LogP contribution in [-0.4, -0.2) is 51.2 Å². The molecule has 8 nitrogen and oxygen atoms in total. The fourth-order valence-corrected chi connectivity index (χ4v) is 4.92. The molecule has 0 aliphatic carbocycles. The van der Waals surface area contributed by atoms with Crippen LogP contribution < -0.4 is 5.69 Å². The molecule has 2 aromatic heterocycles. The zero-order chi connectivity index (χ0) is 24.9. The molecule has 1 fully saturated rings. The summed E-state index contributed by atoms with van der Waals surface area (Å²) in [6.07, 6.45) is 2.80. The summed E-state index contributed by atoms with van der Waals surface area (Å²) in [6.45, 7) is 4.83. The van der Waals surface area contributed by atoms with E-state index in [1.54, 1.807) is 11.2 Å². The molecule has 3 heterocycles. The summed E-state index contributed by atoms with van der Waals surface area (Å²) < 4.78 is 13.1. The highest BCUT2D eigenvalue weighted by molar-refractivity contribution is 5.75. The minimum Gasteiger partial charge on any atom is -0.468 e. The molecule has 36 heavy (non-hydrogen) atoms. The van der Waals surface area contributed by atoms with Crippen molar-refractivity contribution in [1.82, 2.24) is 19.4 Å². The first-order valence-electron chi connectivity index (χ1n) is 12.5. The molecule has 1 aliphatic heterocycles. The van der Waals surface area contributed by atoms with Crippen LogP contribution in [0.5, 0.6) is 0 Å². The number of nitrogens with one attached hydrogen (secondary N) is 1. The number of hydrogen-bond acceptors (Lipinski definition) is 5. The molecule has 0 saturated carbocycles. The molecule has 1 N–H and O–H groups in total. The lowest BCUT2D eigenvalue weighted by Gasteiger charge is -2.33. The monoisotopic (exact) mass is 488 g/mol. The highest BCUT2D eigenvalue weighted by Crippen LogP contribution is 2.25. The third-order valence-electron chi connectivity index (χ3n) is 6.95. The summed E-state index contributed by atoms with van der Waals surface area (Å²) in [5, 5.41) is 0. The van der Waals surface area contributed by atoms with E-state index in [1.807, 2.05) is 59.2 Å². The van der Waals surface area contributed by atoms with Crippen LogP contribution in [0.1, 0.15) is 37.1 Å². The number of aromatic nitrogens is 2. The van der Waals surface area contributed by atoms with Gasteiger partial charge in [-0.25, -0.2) is 9.59 Å². The van der Waals surface area contributed by atoms with Gasteiger partial charge in [0.1, 0.15) is 12.4 Å². The van der Waals surface area contributed by atoms with Gasteiger partial charge in [0.05, 0.1) is 23.8 Å². The van der Waals surface area contributed by atoms with E-state index < -0.39 is 0 Å². The average molecular weight is 489 g/mol. The second-order valence-corrected chi connectivity index (χ2v) is 9.43. The van der Waals surface area contributed by atoms with Gasteiger partial charge in [0.2, 0.25) is 0 Å². The molecular formula is C28H32N4O4. The molecular weight excluding hydrogens is 456 g/mol. The smallest absolute Gasteiger partial charge is 0.409 e. The van der Waals surface area contributed by atoms with Crippen molar-refractivity contribution in [3.05, 3.63) is 94.8 Å². The minimum atomic E-state index is -0.302. The van der Waals surface area contributed by atoms with Gasteiger partial charge in [0.25, 0.3) is 0 Å². The van der Waals surface area contributed by atoms with E-state index in [4.69, 9.17) is 9.15 Å². The van der Waals surface area contributed by atoms with Crippen LogP contribution in [0.25, 0.3) is 11.0 Å². The lowest BCUT2D eigenvalue weighted by atomic mass is 10.0. The van der Waals surface area contributed by atoms with Crippen molar-refractivity contribution in [2.45, 2.75) is 44.9 Å². The first-order chi connectivity index (χ1) is 17.6. The summed E-state index contributed by atoms with van der Waals surface area (Å²) in [4.78, 5) is 32.3. The van der Waals surface area contributed by atoms with Crippen LogP contribution in [-0.2, 0) is 17.8 Å². The van der Waals surface area contributed by atoms with Gasteiger partial charge in [-0.15, -0.1) is 0 Å². The van der Waals surface area contributed by atoms with Crippen molar-refractivity contribution in [2.24, 2.45) is 0 Å². The molecule has 1 aliphatic rings. The molecule has 8 heteroatoms. The van der Waals surface area contributed by atoms with Crippen molar-refractivity contribution in [3.63, 3.8) is 0 Å². The number of benzene rings is 2. The number of rotatable bonds is 8. The maximum atomic E-state index is 12.9. The molecule has 1 unspecified atom stereocenters. The van der Waals surface area contributed by atoms with Crippen LogP contribution in [0.4, 0.5) is 4.79 Å². The Morgan fingerprint density at radius 3 is 2.56 bits per heavy atom. The van der Waals surface area contributed by atoms with Crippen molar-refractivity contribution in [3.8, 4) is 0 Å². The number of imidazole rings is 1. The summed E-state index contributed by atoms with van der Waals surface area (Å²) in [5.41, 5.74) is 2.85. The highest BCUT2D eigenvalue weighted by Gasteiger charge is 2.27. The number of amides is 1. The predicted molar refractivity (Wildman–Crippen MR) is 138 cm³/mol. The molecule has 1 atom stereocenters. The average Bonchev–Trinajstić information content (AvgIpc) is 3.54. The van der Waals surface area contributed by atoms with E-state index in [0.717, 1.165) is 23.3 Å². The number of ether oxygens (including phenoxy) is 1. The van der Waals surface area contributed by atoms with Gasteiger partial charge >= 0.3 is 11.8 Å². The predicted octanol–water partition coefficient (Wildman–Crippen LogP) is 4.79. The fraction of sp³-hybridized carbons (Fsp3) is 0.357. The number of hydrogen-bond donors (Lipinski definition) is 1. The van der Waals surface area contributed by atoms with Gasteiger partial charge < -0.3 is 19.0 Å². The molecule has 2 aromatic carbocycles. The maximum Gasteiger partial charge on any atom is 0.409 e. The van der Waals surface area contributed by atoms with E-state index in [-0.39, 0.29) is 30.5 Å². The van der Waals surface area contributed by atoms with Crippen molar-refractivity contribution < 1.29 is 13.9 Å². The molecule has 0 radical (unpaired) electrons. The Hall–Kier alpha value is -3.78. The number of para-hydroxylation sites is 2. The van der Waals surface area contributed by atoms with Crippen LogP contribution in [0, 0.1) is 0 Å². The first kappa shape index (κ1) is 23.9. The first-order valence-corrected chi connectivity index (χ1v) is 12.5.